The van der Waals surface area contributed by atoms with Crippen LogP contribution in [-0.4, -0.2) is 54.4 Å². The van der Waals surface area contributed by atoms with Crippen LogP contribution in [-0.2, 0) is 15.0 Å². The molecule has 2 N–H and O–H groups in total. The van der Waals surface area contributed by atoms with Gasteiger partial charge in [0, 0.05) is 24.6 Å². The number of hydrogen-bond donors (Lipinski definition) is 2. The second kappa shape index (κ2) is 7.88. The predicted octanol–water partition coefficient (Wildman–Crippen LogP) is 0.679. The van der Waals surface area contributed by atoms with E-state index >= 15 is 0 Å². The molecule has 8 heteroatoms. The zero-order valence-electron chi connectivity index (χ0n) is 10.7. The van der Waals surface area contributed by atoms with Gasteiger partial charge in [0.2, 0.25) is 0 Å². The summed E-state index contributed by atoms with van der Waals surface area (Å²) < 4.78 is 27.6. The summed E-state index contributed by atoms with van der Waals surface area (Å²) >= 11 is 1.57. The molecule has 0 aliphatic carbocycles. The molecule has 0 aromatic carbocycles. The summed E-state index contributed by atoms with van der Waals surface area (Å²) in [5.74, 6) is 0.325. The fourth-order valence-electron chi connectivity index (χ4n) is 1.93. The maximum atomic E-state index is 12.1. The zero-order chi connectivity index (χ0) is 14.3. The van der Waals surface area contributed by atoms with E-state index in [1.54, 1.807) is 17.8 Å². The Morgan fingerprint density at radius 2 is 2.26 bits per heavy atom. The molecule has 0 spiro atoms. The van der Waals surface area contributed by atoms with E-state index in [1.807, 2.05) is 0 Å². The van der Waals surface area contributed by atoms with Crippen LogP contribution in [0.3, 0.4) is 0 Å². The minimum absolute atomic E-state index is 0.270. The number of thioether (sulfide) groups is 1. The summed E-state index contributed by atoms with van der Waals surface area (Å²) in [5, 5.41) is 9.06. The number of rotatable bonds is 8. The number of carbonyl (C=O) groups is 1. The zero-order valence-corrected chi connectivity index (χ0v) is 12.4. The summed E-state index contributed by atoms with van der Waals surface area (Å²) in [5.41, 5.74) is 0. The minimum atomic E-state index is -3.70. The highest BCUT2D eigenvalue weighted by molar-refractivity contribution is 7.99. The Morgan fingerprint density at radius 3 is 2.89 bits per heavy atom. The number of carboxylic acids is 1. The van der Waals surface area contributed by atoms with Crippen LogP contribution >= 0.6 is 11.8 Å². The maximum absolute atomic E-state index is 12.1. The summed E-state index contributed by atoms with van der Waals surface area (Å²) in [4.78, 5) is 11.1. The normalized spacial score (nSPS) is 21.2. The van der Waals surface area contributed by atoms with E-state index in [2.05, 4.69) is 11.3 Å². The highest BCUT2D eigenvalue weighted by atomic mass is 32.2. The van der Waals surface area contributed by atoms with Gasteiger partial charge in [-0.05, 0) is 19.3 Å². The quantitative estimate of drug-likeness (QED) is 0.508. The van der Waals surface area contributed by atoms with Gasteiger partial charge in [-0.3, -0.25) is 4.79 Å². The Morgan fingerprint density at radius 1 is 1.53 bits per heavy atom. The highest BCUT2D eigenvalue weighted by Crippen LogP contribution is 2.19. The molecule has 6 nitrogen and oxygen atoms in total. The Hall–Kier alpha value is -0.570. The molecule has 19 heavy (non-hydrogen) atoms. The average molecular weight is 308 g/mol. The van der Waals surface area contributed by atoms with E-state index < -0.39 is 22.2 Å². The molecule has 1 fully saturated rings. The number of nitrogens with zero attached hydrogens (tertiary/aromatic N) is 1. The Balaban J connectivity index is 2.54. The van der Waals surface area contributed by atoms with Crippen molar-refractivity contribution < 1.29 is 18.3 Å². The molecule has 1 aliphatic heterocycles. The van der Waals surface area contributed by atoms with Gasteiger partial charge in [0.15, 0.2) is 0 Å². The van der Waals surface area contributed by atoms with Gasteiger partial charge in [-0.25, -0.2) is 4.72 Å². The van der Waals surface area contributed by atoms with Gasteiger partial charge in [-0.2, -0.15) is 24.5 Å². The van der Waals surface area contributed by atoms with Crippen LogP contribution < -0.4 is 4.72 Å². The van der Waals surface area contributed by atoms with E-state index in [1.165, 1.54) is 0 Å². The molecule has 1 unspecified atom stereocenters. The maximum Gasteiger partial charge on any atom is 0.322 e. The summed E-state index contributed by atoms with van der Waals surface area (Å²) in [6, 6.07) is -0.938. The molecule has 0 radical (unpaired) electrons. The second-order valence-corrected chi connectivity index (χ2v) is 7.08. The number of hydrogen-bond acceptors (Lipinski definition) is 4. The first-order chi connectivity index (χ1) is 8.99. The minimum Gasteiger partial charge on any atom is -0.480 e. The first-order valence-corrected chi connectivity index (χ1v) is 8.76. The Kier molecular flexibility index (Phi) is 6.84. The van der Waals surface area contributed by atoms with Gasteiger partial charge < -0.3 is 5.11 Å². The Labute approximate surface area is 118 Å². The molecular formula is C11H20N2O4S2. The SMILES string of the molecule is C=CCSCCNS(=O)(=O)N1CCCCC1C(=O)O. The molecule has 110 valence electrons. The van der Waals surface area contributed by atoms with Gasteiger partial charge >= 0.3 is 5.97 Å². The molecule has 0 bridgehead atoms. The van der Waals surface area contributed by atoms with Gasteiger partial charge in [0.1, 0.15) is 6.04 Å². The van der Waals surface area contributed by atoms with Crippen LogP contribution in [0, 0.1) is 0 Å². The van der Waals surface area contributed by atoms with E-state index in [-0.39, 0.29) is 6.54 Å². The van der Waals surface area contributed by atoms with Crippen LogP contribution in [0.4, 0.5) is 0 Å². The highest BCUT2D eigenvalue weighted by Gasteiger charge is 2.36. The van der Waals surface area contributed by atoms with Crippen molar-refractivity contribution in [3.05, 3.63) is 12.7 Å². The summed E-state index contributed by atoms with van der Waals surface area (Å²) in [7, 11) is -3.70. The van der Waals surface area contributed by atoms with Gasteiger partial charge in [-0.15, -0.1) is 6.58 Å². The molecular weight excluding hydrogens is 288 g/mol. The van der Waals surface area contributed by atoms with Gasteiger partial charge in [0.25, 0.3) is 10.2 Å². The monoisotopic (exact) mass is 308 g/mol. The lowest BCUT2D eigenvalue weighted by molar-refractivity contribution is -0.142. The van der Waals surface area contributed by atoms with Crippen LogP contribution in [0.1, 0.15) is 19.3 Å². The number of piperidine rings is 1. The van der Waals surface area contributed by atoms with Gasteiger partial charge in [0.05, 0.1) is 0 Å². The fraction of sp³-hybridized carbons (Fsp3) is 0.727. The molecule has 0 aromatic rings. The number of nitrogens with one attached hydrogen (secondary N) is 1. The van der Waals surface area contributed by atoms with Crippen LogP contribution in [0.5, 0.6) is 0 Å². The van der Waals surface area contributed by atoms with Crippen LogP contribution in [0.2, 0.25) is 0 Å². The van der Waals surface area contributed by atoms with Gasteiger partial charge in [-0.1, -0.05) is 6.08 Å². The third kappa shape index (κ3) is 5.13. The molecule has 1 rings (SSSR count). The molecule has 1 atom stereocenters. The van der Waals surface area contributed by atoms with Crippen molar-refractivity contribution in [2.24, 2.45) is 0 Å². The lowest BCUT2D eigenvalue weighted by Gasteiger charge is -2.31. The largest absolute Gasteiger partial charge is 0.480 e. The van der Waals surface area contributed by atoms with Crippen molar-refractivity contribution in [3.63, 3.8) is 0 Å². The number of aliphatic carboxylic acids is 1. The average Bonchev–Trinajstić information content (AvgIpc) is 2.38. The standard InChI is InChI=1S/C11H20N2O4S2/c1-2-8-18-9-6-12-19(16,17)13-7-4-3-5-10(13)11(14)15/h2,10,12H,1,3-9H2,(H,14,15). The topological polar surface area (TPSA) is 86.7 Å². The van der Waals surface area contributed by atoms with Crippen molar-refractivity contribution in [1.29, 1.82) is 0 Å². The number of carboxylic acid groups (broad SMARTS) is 1. The van der Waals surface area contributed by atoms with Crippen molar-refractivity contribution in [2.75, 3.05) is 24.6 Å². The third-order valence-electron chi connectivity index (χ3n) is 2.81. The molecule has 1 saturated heterocycles. The van der Waals surface area contributed by atoms with Crippen molar-refractivity contribution >= 4 is 27.9 Å². The van der Waals surface area contributed by atoms with Crippen LogP contribution in [0.25, 0.3) is 0 Å². The molecule has 0 amide bonds. The smallest absolute Gasteiger partial charge is 0.322 e. The second-order valence-electron chi connectivity index (χ2n) is 4.22. The van der Waals surface area contributed by atoms with Crippen molar-refractivity contribution in [2.45, 2.75) is 25.3 Å². The molecule has 0 saturated carbocycles. The van der Waals surface area contributed by atoms with E-state index in [9.17, 15) is 13.2 Å². The molecule has 1 heterocycles. The van der Waals surface area contributed by atoms with E-state index in [0.29, 0.717) is 25.1 Å². The third-order valence-corrected chi connectivity index (χ3v) is 5.40. The van der Waals surface area contributed by atoms with Crippen molar-refractivity contribution in [1.82, 2.24) is 9.03 Å². The van der Waals surface area contributed by atoms with Crippen molar-refractivity contribution in [3.8, 4) is 0 Å². The first-order valence-electron chi connectivity index (χ1n) is 6.17. The van der Waals surface area contributed by atoms with E-state index in [4.69, 9.17) is 5.11 Å². The first kappa shape index (κ1) is 16.5. The summed E-state index contributed by atoms with van der Waals surface area (Å²) in [6.45, 7) is 4.14. The molecule has 0 aromatic heterocycles. The Bertz CT molecular complexity index is 411. The fourth-order valence-corrected chi connectivity index (χ4v) is 4.07. The summed E-state index contributed by atoms with van der Waals surface area (Å²) in [6.07, 6.45) is 3.58. The van der Waals surface area contributed by atoms with E-state index in [0.717, 1.165) is 16.5 Å². The molecule has 1 aliphatic rings. The predicted molar refractivity (Wildman–Crippen MR) is 76.4 cm³/mol. The lowest BCUT2D eigenvalue weighted by atomic mass is 10.1. The van der Waals surface area contributed by atoms with Crippen LogP contribution in [0.15, 0.2) is 12.7 Å². The lowest BCUT2D eigenvalue weighted by Crippen LogP contribution is -2.52.